The second-order valence-corrected chi connectivity index (χ2v) is 7.91. The predicted molar refractivity (Wildman–Crippen MR) is 123 cm³/mol. The lowest BCUT2D eigenvalue weighted by atomic mass is 10.1. The molecule has 6 nitrogen and oxygen atoms in total. The molecule has 3 rings (SSSR count). The van der Waals surface area contributed by atoms with Gasteiger partial charge in [0.05, 0.1) is 25.3 Å². The maximum atomic E-state index is 13.3. The van der Waals surface area contributed by atoms with Crippen LogP contribution in [0.2, 0.25) is 0 Å². The van der Waals surface area contributed by atoms with Gasteiger partial charge in [0, 0.05) is 13.1 Å². The molecule has 1 amide bonds. The van der Waals surface area contributed by atoms with Gasteiger partial charge in [-0.3, -0.25) is 9.69 Å². The monoisotopic (exact) mass is 427 g/mol. The van der Waals surface area contributed by atoms with E-state index in [4.69, 9.17) is 14.5 Å². The van der Waals surface area contributed by atoms with Crippen molar-refractivity contribution in [2.24, 2.45) is 0 Å². The van der Waals surface area contributed by atoms with Gasteiger partial charge in [0.2, 0.25) is 5.91 Å². The minimum Gasteiger partial charge on any atom is -0.497 e. The van der Waals surface area contributed by atoms with Crippen LogP contribution in [0.5, 0.6) is 11.5 Å². The van der Waals surface area contributed by atoms with Crippen LogP contribution >= 0.6 is 11.3 Å². The Bertz CT molecular complexity index is 967. The van der Waals surface area contributed by atoms with Crippen LogP contribution in [0.15, 0.2) is 42.5 Å². The first-order valence-electron chi connectivity index (χ1n) is 10.2. The summed E-state index contributed by atoms with van der Waals surface area (Å²) in [5.41, 5.74) is 1.75. The number of carbonyl (C=O) groups excluding carboxylic acids is 1. The third-order valence-electron chi connectivity index (χ3n) is 5.17. The Morgan fingerprint density at radius 1 is 1.00 bits per heavy atom. The summed E-state index contributed by atoms with van der Waals surface area (Å²) in [6, 6.07) is 13.5. The van der Waals surface area contributed by atoms with Gasteiger partial charge < -0.3 is 14.4 Å². The molecule has 0 spiro atoms. The van der Waals surface area contributed by atoms with Crippen LogP contribution < -0.4 is 14.4 Å². The van der Waals surface area contributed by atoms with Gasteiger partial charge >= 0.3 is 0 Å². The molecule has 7 heteroatoms. The number of hydrogen-bond acceptors (Lipinski definition) is 6. The summed E-state index contributed by atoms with van der Waals surface area (Å²) in [6.07, 6.45) is 0.315. The van der Waals surface area contributed by atoms with Crippen LogP contribution in [-0.4, -0.2) is 56.2 Å². The number of likely N-dealkylation sites (N-methyl/N-ethyl adjacent to an activating group) is 1. The lowest BCUT2D eigenvalue weighted by Crippen LogP contribution is -2.39. The zero-order valence-electron chi connectivity index (χ0n) is 18.1. The molecular weight excluding hydrogens is 398 g/mol. The van der Waals surface area contributed by atoms with Gasteiger partial charge in [0.1, 0.15) is 17.0 Å². The number of ether oxygens (including phenoxy) is 2. The third kappa shape index (κ3) is 5.09. The van der Waals surface area contributed by atoms with Gasteiger partial charge in [-0.2, -0.15) is 0 Å². The Kier molecular flexibility index (Phi) is 7.65. The number of nitrogens with zero attached hydrogens (tertiary/aromatic N) is 3. The molecule has 0 aliphatic rings. The minimum atomic E-state index is 0.0327. The molecule has 0 saturated carbocycles. The zero-order valence-corrected chi connectivity index (χ0v) is 18.9. The van der Waals surface area contributed by atoms with Crippen LogP contribution in [0.4, 0.5) is 5.13 Å². The van der Waals surface area contributed by atoms with Crippen molar-refractivity contribution in [2.75, 3.05) is 45.3 Å². The summed E-state index contributed by atoms with van der Waals surface area (Å²) in [6.45, 7) is 7.56. The Hall–Kier alpha value is -2.64. The molecule has 0 radical (unpaired) electrons. The molecule has 0 saturated heterocycles. The van der Waals surface area contributed by atoms with Crippen molar-refractivity contribution >= 4 is 32.6 Å². The first kappa shape index (κ1) is 22.1. The number of thiazole rings is 1. The largest absolute Gasteiger partial charge is 0.497 e. The van der Waals surface area contributed by atoms with E-state index in [2.05, 4.69) is 18.7 Å². The minimum absolute atomic E-state index is 0.0327. The molecule has 1 aromatic heterocycles. The Morgan fingerprint density at radius 2 is 1.73 bits per heavy atom. The van der Waals surface area contributed by atoms with Crippen LogP contribution in [0.3, 0.4) is 0 Å². The van der Waals surface area contributed by atoms with E-state index in [1.807, 2.05) is 47.4 Å². The molecule has 160 valence electrons. The third-order valence-corrected chi connectivity index (χ3v) is 6.21. The van der Waals surface area contributed by atoms with E-state index in [0.29, 0.717) is 18.1 Å². The number of para-hydroxylation sites is 1. The quantitative estimate of drug-likeness (QED) is 0.485. The van der Waals surface area contributed by atoms with Crippen molar-refractivity contribution < 1.29 is 14.3 Å². The van der Waals surface area contributed by atoms with E-state index in [-0.39, 0.29) is 5.91 Å². The Morgan fingerprint density at radius 3 is 2.37 bits per heavy atom. The van der Waals surface area contributed by atoms with Crippen molar-refractivity contribution in [1.29, 1.82) is 0 Å². The maximum Gasteiger partial charge on any atom is 0.233 e. The standard InChI is InChI=1S/C23H29N3O3S/c1-5-25(6-2)14-15-26(21(27)16-17-10-12-18(28-3)13-11-17)23-24-22-19(29-4)8-7-9-20(22)30-23/h7-13H,5-6,14-16H2,1-4H3. The fourth-order valence-electron chi connectivity index (χ4n) is 3.31. The normalized spacial score (nSPS) is 11.1. The molecule has 30 heavy (non-hydrogen) atoms. The summed E-state index contributed by atoms with van der Waals surface area (Å²) in [4.78, 5) is 22.2. The van der Waals surface area contributed by atoms with Crippen LogP contribution in [-0.2, 0) is 11.2 Å². The van der Waals surface area contributed by atoms with E-state index >= 15 is 0 Å². The average Bonchev–Trinajstić information content (AvgIpc) is 3.21. The fourth-order valence-corrected chi connectivity index (χ4v) is 4.34. The number of rotatable bonds is 10. The summed E-state index contributed by atoms with van der Waals surface area (Å²) in [5, 5.41) is 0.708. The molecule has 0 bridgehead atoms. The van der Waals surface area contributed by atoms with E-state index < -0.39 is 0 Å². The number of benzene rings is 2. The second kappa shape index (κ2) is 10.4. The van der Waals surface area contributed by atoms with Gasteiger partial charge in [-0.25, -0.2) is 4.98 Å². The zero-order chi connectivity index (χ0) is 21.5. The van der Waals surface area contributed by atoms with Crippen LogP contribution in [0, 0.1) is 0 Å². The number of amides is 1. The fraction of sp³-hybridized carbons (Fsp3) is 0.391. The van der Waals surface area contributed by atoms with E-state index in [0.717, 1.165) is 46.9 Å². The molecule has 0 fully saturated rings. The summed E-state index contributed by atoms with van der Waals surface area (Å²) in [5.74, 6) is 1.54. The molecule has 0 atom stereocenters. The molecule has 0 aliphatic heterocycles. The molecule has 2 aromatic carbocycles. The molecule has 0 aliphatic carbocycles. The van der Waals surface area contributed by atoms with Gasteiger partial charge in [-0.15, -0.1) is 0 Å². The van der Waals surface area contributed by atoms with Gasteiger partial charge in [0.25, 0.3) is 0 Å². The van der Waals surface area contributed by atoms with Gasteiger partial charge in [-0.05, 0) is 42.9 Å². The molecule has 3 aromatic rings. The Labute approximate surface area is 182 Å². The van der Waals surface area contributed by atoms with Crippen molar-refractivity contribution in [1.82, 2.24) is 9.88 Å². The second-order valence-electron chi connectivity index (χ2n) is 6.90. The summed E-state index contributed by atoms with van der Waals surface area (Å²) >= 11 is 1.52. The number of methoxy groups -OCH3 is 2. The van der Waals surface area contributed by atoms with Crippen LogP contribution in [0.25, 0.3) is 10.2 Å². The topological polar surface area (TPSA) is 54.9 Å². The number of fused-ring (bicyclic) bond motifs is 1. The number of anilines is 1. The molecule has 1 heterocycles. The van der Waals surface area contributed by atoms with Gasteiger partial charge in [-0.1, -0.05) is 43.4 Å². The summed E-state index contributed by atoms with van der Waals surface area (Å²) < 4.78 is 11.7. The van der Waals surface area contributed by atoms with Crippen molar-refractivity contribution in [3.05, 3.63) is 48.0 Å². The van der Waals surface area contributed by atoms with E-state index in [1.165, 1.54) is 11.3 Å². The summed E-state index contributed by atoms with van der Waals surface area (Å²) in [7, 11) is 3.28. The number of aromatic nitrogens is 1. The maximum absolute atomic E-state index is 13.3. The highest BCUT2D eigenvalue weighted by Crippen LogP contribution is 2.34. The first-order valence-corrected chi connectivity index (χ1v) is 11.0. The number of hydrogen-bond donors (Lipinski definition) is 0. The van der Waals surface area contributed by atoms with Crippen LogP contribution in [0.1, 0.15) is 19.4 Å². The number of carbonyl (C=O) groups is 1. The Balaban J connectivity index is 1.88. The molecular formula is C23H29N3O3S. The smallest absolute Gasteiger partial charge is 0.233 e. The predicted octanol–water partition coefficient (Wildman–Crippen LogP) is 4.23. The highest BCUT2D eigenvalue weighted by Gasteiger charge is 2.21. The SMILES string of the molecule is CCN(CC)CCN(C(=O)Cc1ccc(OC)cc1)c1nc2c(OC)cccc2s1. The highest BCUT2D eigenvalue weighted by atomic mass is 32.1. The lowest BCUT2D eigenvalue weighted by molar-refractivity contribution is -0.118. The highest BCUT2D eigenvalue weighted by molar-refractivity contribution is 7.22. The first-order chi connectivity index (χ1) is 14.6. The molecule has 0 unspecified atom stereocenters. The van der Waals surface area contributed by atoms with E-state index in [9.17, 15) is 4.79 Å². The lowest BCUT2D eigenvalue weighted by Gasteiger charge is -2.24. The van der Waals surface area contributed by atoms with Gasteiger partial charge in [0.15, 0.2) is 5.13 Å². The van der Waals surface area contributed by atoms with Crippen molar-refractivity contribution in [3.63, 3.8) is 0 Å². The van der Waals surface area contributed by atoms with E-state index in [1.54, 1.807) is 14.2 Å². The molecule has 0 N–H and O–H groups in total. The van der Waals surface area contributed by atoms with Crippen molar-refractivity contribution in [2.45, 2.75) is 20.3 Å². The van der Waals surface area contributed by atoms with Crippen molar-refractivity contribution in [3.8, 4) is 11.5 Å². The average molecular weight is 428 g/mol.